The zero-order valence-electron chi connectivity index (χ0n) is 17.4. The molecular weight excluding hydrogens is 468 g/mol. The van der Waals surface area contributed by atoms with Crippen LogP contribution in [0, 0.1) is 5.82 Å². The second-order valence-electron chi connectivity index (χ2n) is 7.37. The Morgan fingerprint density at radius 1 is 1.00 bits per heavy atom. The van der Waals surface area contributed by atoms with E-state index in [1.54, 1.807) is 30.3 Å². The number of halogens is 3. The maximum Gasteiger partial charge on any atom is 0.273 e. The fourth-order valence-electron chi connectivity index (χ4n) is 3.28. The number of hydrogen-bond donors (Lipinski definition) is 1. The Kier molecular flexibility index (Phi) is 7.44. The predicted molar refractivity (Wildman–Crippen MR) is 122 cm³/mol. The normalized spacial score (nSPS) is 11.2. The van der Waals surface area contributed by atoms with E-state index < -0.39 is 0 Å². The molecule has 6 nitrogen and oxygen atoms in total. The lowest BCUT2D eigenvalue weighted by Crippen LogP contribution is -2.24. The molecular formula is C24H20Cl2FN3O3. The molecule has 4 rings (SSSR count). The van der Waals surface area contributed by atoms with Gasteiger partial charge in [0.2, 0.25) is 5.89 Å². The fraction of sp³-hybridized carbons (Fsp3) is 0.167. The van der Waals surface area contributed by atoms with Crippen LogP contribution in [0.15, 0.2) is 76.0 Å². The molecule has 0 saturated heterocycles. The van der Waals surface area contributed by atoms with Crippen LogP contribution in [0.5, 0.6) is 0 Å². The molecule has 170 valence electrons. The highest BCUT2D eigenvalue weighted by Gasteiger charge is 2.17. The summed E-state index contributed by atoms with van der Waals surface area (Å²) >= 11 is 12.5. The van der Waals surface area contributed by atoms with E-state index in [-0.39, 0.29) is 24.0 Å². The number of aromatic nitrogens is 1. The first-order valence-electron chi connectivity index (χ1n) is 10.1. The lowest BCUT2D eigenvalue weighted by Gasteiger charge is -2.22. The molecule has 0 fully saturated rings. The number of oxazole rings is 1. The average Bonchev–Trinajstić information content (AvgIpc) is 3.49. The first-order valence-corrected chi connectivity index (χ1v) is 10.9. The molecule has 4 aromatic rings. The van der Waals surface area contributed by atoms with Crippen molar-refractivity contribution in [2.45, 2.75) is 26.2 Å². The van der Waals surface area contributed by atoms with Gasteiger partial charge in [-0.05, 0) is 41.5 Å². The van der Waals surface area contributed by atoms with Crippen molar-refractivity contribution < 1.29 is 18.0 Å². The second kappa shape index (κ2) is 10.7. The van der Waals surface area contributed by atoms with Crippen LogP contribution in [0.25, 0.3) is 0 Å². The summed E-state index contributed by atoms with van der Waals surface area (Å²) in [5.41, 5.74) is 1.89. The number of nitrogens with one attached hydrogen (secondary N) is 1. The quantitative estimate of drug-likeness (QED) is 0.320. The number of hydrogen-bond acceptors (Lipinski definition) is 5. The van der Waals surface area contributed by atoms with Crippen molar-refractivity contribution in [3.05, 3.63) is 111 Å². The van der Waals surface area contributed by atoms with E-state index in [0.717, 1.165) is 11.1 Å². The molecule has 2 aromatic heterocycles. The van der Waals surface area contributed by atoms with Gasteiger partial charge in [-0.3, -0.25) is 9.69 Å². The molecule has 0 aliphatic heterocycles. The van der Waals surface area contributed by atoms with Gasteiger partial charge in [0.05, 0.1) is 29.4 Å². The van der Waals surface area contributed by atoms with Gasteiger partial charge in [0.15, 0.2) is 5.69 Å². The number of nitrogens with zero attached hydrogens (tertiary/aromatic N) is 2. The van der Waals surface area contributed by atoms with Crippen molar-refractivity contribution in [2.75, 3.05) is 0 Å². The Balaban J connectivity index is 1.47. The first-order chi connectivity index (χ1) is 16.0. The third kappa shape index (κ3) is 6.22. The van der Waals surface area contributed by atoms with Crippen molar-refractivity contribution in [1.82, 2.24) is 15.2 Å². The van der Waals surface area contributed by atoms with Crippen molar-refractivity contribution in [2.24, 2.45) is 0 Å². The van der Waals surface area contributed by atoms with Crippen molar-refractivity contribution in [1.29, 1.82) is 0 Å². The summed E-state index contributed by atoms with van der Waals surface area (Å²) in [7, 11) is 0. The molecule has 0 unspecified atom stereocenters. The minimum absolute atomic E-state index is 0.166. The van der Waals surface area contributed by atoms with Crippen LogP contribution in [0.4, 0.5) is 4.39 Å². The van der Waals surface area contributed by atoms with Gasteiger partial charge in [0.1, 0.15) is 17.8 Å². The summed E-state index contributed by atoms with van der Waals surface area (Å²) < 4.78 is 24.1. The number of amides is 1. The third-order valence-electron chi connectivity index (χ3n) is 4.89. The number of carbonyl (C=O) groups is 1. The maximum absolute atomic E-state index is 13.3. The molecule has 0 aliphatic rings. The van der Waals surface area contributed by atoms with Crippen LogP contribution >= 0.6 is 23.2 Å². The van der Waals surface area contributed by atoms with Crippen LogP contribution in [0.3, 0.4) is 0 Å². The molecule has 1 N–H and O–H groups in total. The van der Waals surface area contributed by atoms with E-state index in [4.69, 9.17) is 32.0 Å². The molecule has 0 radical (unpaired) electrons. The van der Waals surface area contributed by atoms with Crippen LogP contribution in [-0.2, 0) is 26.2 Å². The van der Waals surface area contributed by atoms with Gasteiger partial charge < -0.3 is 14.2 Å². The summed E-state index contributed by atoms with van der Waals surface area (Å²) in [5, 5.41) is 3.66. The SMILES string of the molecule is O=C(NCc1ccco1)c1coc(CN(Cc2ccc(F)cc2)Cc2cccc(Cl)c2Cl)n1. The van der Waals surface area contributed by atoms with Crippen LogP contribution < -0.4 is 5.32 Å². The van der Waals surface area contributed by atoms with Crippen LogP contribution in [0.2, 0.25) is 10.0 Å². The summed E-state index contributed by atoms with van der Waals surface area (Å²) in [4.78, 5) is 18.7. The fourth-order valence-corrected chi connectivity index (χ4v) is 3.66. The molecule has 33 heavy (non-hydrogen) atoms. The monoisotopic (exact) mass is 487 g/mol. The standard InChI is InChI=1S/C24H20Cl2FN3O3/c25-20-5-1-3-17(23(20)26)13-30(12-16-6-8-18(27)9-7-16)14-22-29-21(15-33-22)24(31)28-11-19-4-2-10-32-19/h1-10,15H,11-14H2,(H,28,31). The molecule has 2 heterocycles. The molecule has 0 atom stereocenters. The van der Waals surface area contributed by atoms with Gasteiger partial charge in [0.25, 0.3) is 5.91 Å². The van der Waals surface area contributed by atoms with Crippen molar-refractivity contribution in [3.8, 4) is 0 Å². The van der Waals surface area contributed by atoms with E-state index in [1.807, 2.05) is 17.0 Å². The van der Waals surface area contributed by atoms with E-state index in [0.29, 0.717) is 41.3 Å². The van der Waals surface area contributed by atoms with Gasteiger partial charge in [-0.15, -0.1) is 0 Å². The Morgan fingerprint density at radius 3 is 2.58 bits per heavy atom. The molecule has 1 amide bonds. The van der Waals surface area contributed by atoms with Gasteiger partial charge >= 0.3 is 0 Å². The minimum atomic E-state index is -0.371. The lowest BCUT2D eigenvalue weighted by atomic mass is 10.1. The van der Waals surface area contributed by atoms with Crippen LogP contribution in [0.1, 0.15) is 33.3 Å². The van der Waals surface area contributed by atoms with Crippen molar-refractivity contribution >= 4 is 29.1 Å². The zero-order chi connectivity index (χ0) is 23.2. The largest absolute Gasteiger partial charge is 0.467 e. The average molecular weight is 488 g/mol. The summed E-state index contributed by atoms with van der Waals surface area (Å²) in [6, 6.07) is 15.2. The highest BCUT2D eigenvalue weighted by atomic mass is 35.5. The minimum Gasteiger partial charge on any atom is -0.467 e. The molecule has 0 aliphatic carbocycles. The molecule has 2 aromatic carbocycles. The maximum atomic E-state index is 13.3. The number of furan rings is 1. The van der Waals surface area contributed by atoms with Gasteiger partial charge in [-0.1, -0.05) is 47.5 Å². The van der Waals surface area contributed by atoms with E-state index in [9.17, 15) is 9.18 Å². The molecule has 9 heteroatoms. The second-order valence-corrected chi connectivity index (χ2v) is 8.16. The summed E-state index contributed by atoms with van der Waals surface area (Å²) in [6.07, 6.45) is 2.85. The highest BCUT2D eigenvalue weighted by Crippen LogP contribution is 2.27. The number of carbonyl (C=O) groups excluding carboxylic acids is 1. The van der Waals surface area contributed by atoms with Gasteiger partial charge in [0, 0.05) is 13.1 Å². The number of rotatable bonds is 9. The highest BCUT2D eigenvalue weighted by molar-refractivity contribution is 6.42. The zero-order valence-corrected chi connectivity index (χ0v) is 18.9. The van der Waals surface area contributed by atoms with E-state index in [1.165, 1.54) is 24.7 Å². The first kappa shape index (κ1) is 23.0. The Hall–Kier alpha value is -3.13. The molecule has 0 spiro atoms. The Morgan fingerprint density at radius 2 is 1.82 bits per heavy atom. The predicted octanol–water partition coefficient (Wildman–Crippen LogP) is 5.85. The Bertz CT molecular complexity index is 1210. The van der Waals surface area contributed by atoms with E-state index in [2.05, 4.69) is 10.3 Å². The Labute approximate surface area is 199 Å². The smallest absolute Gasteiger partial charge is 0.273 e. The van der Waals surface area contributed by atoms with Crippen molar-refractivity contribution in [3.63, 3.8) is 0 Å². The van der Waals surface area contributed by atoms with Gasteiger partial charge in [-0.2, -0.15) is 0 Å². The molecule has 0 saturated carbocycles. The summed E-state index contributed by atoms with van der Waals surface area (Å²) in [6.45, 7) is 1.47. The van der Waals surface area contributed by atoms with Crippen LogP contribution in [-0.4, -0.2) is 15.8 Å². The lowest BCUT2D eigenvalue weighted by molar-refractivity contribution is 0.0943. The van der Waals surface area contributed by atoms with Gasteiger partial charge in [-0.25, -0.2) is 9.37 Å². The number of benzene rings is 2. The molecule has 0 bridgehead atoms. The summed E-state index contributed by atoms with van der Waals surface area (Å²) in [5.74, 6) is 0.319. The third-order valence-corrected chi connectivity index (χ3v) is 5.75. The topological polar surface area (TPSA) is 71.5 Å². The van der Waals surface area contributed by atoms with E-state index >= 15 is 0 Å².